The summed E-state index contributed by atoms with van der Waals surface area (Å²) in [5, 5.41) is 4.01. The Labute approximate surface area is 101 Å². The van der Waals surface area contributed by atoms with Crippen molar-refractivity contribution in [3.63, 3.8) is 0 Å². The minimum atomic E-state index is -0.363. The van der Waals surface area contributed by atoms with Crippen LogP contribution in [0.5, 0.6) is 0 Å². The molecule has 0 bridgehead atoms. The van der Waals surface area contributed by atoms with Gasteiger partial charge in [-0.1, -0.05) is 0 Å². The van der Waals surface area contributed by atoms with Crippen LogP contribution in [0, 0.1) is 0 Å². The number of anilines is 1. The molecule has 1 aliphatic heterocycles. The minimum Gasteiger partial charge on any atom is -0.379 e. The van der Waals surface area contributed by atoms with Crippen molar-refractivity contribution < 1.29 is 9.26 Å². The molecule has 0 aliphatic carbocycles. The quantitative estimate of drug-likeness (QED) is 0.827. The fourth-order valence-electron chi connectivity index (χ4n) is 1.99. The highest BCUT2D eigenvalue weighted by molar-refractivity contribution is 5.28. The van der Waals surface area contributed by atoms with Gasteiger partial charge in [-0.2, -0.15) is 4.98 Å². The maximum atomic E-state index is 6.03. The summed E-state index contributed by atoms with van der Waals surface area (Å²) in [6, 6.07) is -0.0903. The van der Waals surface area contributed by atoms with Crippen LogP contribution in [0.2, 0.25) is 0 Å². The lowest BCUT2D eigenvalue weighted by atomic mass is 9.86. The third kappa shape index (κ3) is 2.02. The Hall–Kier alpha value is -1.14. The molecule has 1 saturated heterocycles. The van der Waals surface area contributed by atoms with E-state index >= 15 is 0 Å². The van der Waals surface area contributed by atoms with Crippen molar-refractivity contribution in [2.24, 2.45) is 5.73 Å². The number of hydrogen-bond acceptors (Lipinski definition) is 6. The molecule has 0 aromatic carbocycles. The third-order valence-corrected chi connectivity index (χ3v) is 3.47. The van der Waals surface area contributed by atoms with Crippen molar-refractivity contribution in [3.05, 3.63) is 5.89 Å². The van der Waals surface area contributed by atoms with Gasteiger partial charge in [-0.3, -0.25) is 0 Å². The highest BCUT2D eigenvalue weighted by atomic mass is 16.5. The normalized spacial score (nSPS) is 28.6. The summed E-state index contributed by atoms with van der Waals surface area (Å²) >= 11 is 0. The van der Waals surface area contributed by atoms with E-state index in [1.807, 2.05) is 11.8 Å². The molecule has 0 spiro atoms. The van der Waals surface area contributed by atoms with Gasteiger partial charge in [0.1, 0.15) is 0 Å². The maximum Gasteiger partial charge on any atom is 0.266 e. The van der Waals surface area contributed by atoms with E-state index in [4.69, 9.17) is 15.0 Å². The van der Waals surface area contributed by atoms with Gasteiger partial charge in [-0.15, -0.1) is 0 Å². The van der Waals surface area contributed by atoms with Crippen molar-refractivity contribution >= 4 is 5.95 Å². The van der Waals surface area contributed by atoms with Gasteiger partial charge >= 0.3 is 0 Å². The van der Waals surface area contributed by atoms with Crippen molar-refractivity contribution in [2.75, 3.05) is 31.2 Å². The first-order chi connectivity index (χ1) is 8.11. The molecule has 0 saturated carbocycles. The van der Waals surface area contributed by atoms with Crippen LogP contribution in [-0.2, 0) is 10.2 Å². The fraction of sp³-hybridized carbons (Fsp3) is 0.818. The van der Waals surface area contributed by atoms with Gasteiger partial charge in [0, 0.05) is 19.1 Å². The van der Waals surface area contributed by atoms with Crippen LogP contribution in [0.15, 0.2) is 4.52 Å². The second-order valence-electron chi connectivity index (χ2n) is 4.61. The van der Waals surface area contributed by atoms with E-state index in [9.17, 15) is 0 Å². The first-order valence-electron chi connectivity index (χ1n) is 6.04. The molecule has 1 aliphatic rings. The lowest BCUT2D eigenvalue weighted by Crippen LogP contribution is -2.42. The molecule has 2 unspecified atom stereocenters. The van der Waals surface area contributed by atoms with Crippen LogP contribution in [0.4, 0.5) is 5.95 Å². The number of ether oxygens (including phenoxy) is 1. The first kappa shape index (κ1) is 12.3. The van der Waals surface area contributed by atoms with Crippen molar-refractivity contribution in [3.8, 4) is 0 Å². The molecule has 1 aromatic rings. The Bertz CT molecular complexity index is 377. The monoisotopic (exact) mass is 240 g/mol. The van der Waals surface area contributed by atoms with E-state index in [0.29, 0.717) is 25.1 Å². The van der Waals surface area contributed by atoms with Gasteiger partial charge in [0.15, 0.2) is 0 Å². The number of nitrogens with two attached hydrogens (primary N) is 1. The molecular formula is C11H20N4O2. The van der Waals surface area contributed by atoms with Crippen LogP contribution < -0.4 is 10.6 Å². The van der Waals surface area contributed by atoms with Crippen molar-refractivity contribution in [1.29, 1.82) is 0 Å². The molecule has 6 nitrogen and oxygen atoms in total. The number of aromatic nitrogens is 2. The van der Waals surface area contributed by atoms with Gasteiger partial charge in [-0.05, 0) is 25.9 Å². The SMILES string of the molecule is CCN(CC)c1noc(C2(C)COCC2N)n1. The summed E-state index contributed by atoms with van der Waals surface area (Å²) in [4.78, 5) is 6.48. The summed E-state index contributed by atoms with van der Waals surface area (Å²) in [5.74, 6) is 1.20. The van der Waals surface area contributed by atoms with E-state index in [1.165, 1.54) is 0 Å². The lowest BCUT2D eigenvalue weighted by molar-refractivity contribution is 0.169. The number of rotatable bonds is 4. The molecule has 6 heteroatoms. The van der Waals surface area contributed by atoms with Gasteiger partial charge in [0.2, 0.25) is 5.89 Å². The van der Waals surface area contributed by atoms with Gasteiger partial charge in [-0.25, -0.2) is 0 Å². The number of hydrogen-bond donors (Lipinski definition) is 1. The zero-order valence-electron chi connectivity index (χ0n) is 10.6. The summed E-state index contributed by atoms with van der Waals surface area (Å²) in [5.41, 5.74) is 5.67. The Morgan fingerprint density at radius 1 is 1.47 bits per heavy atom. The molecule has 2 N–H and O–H groups in total. The van der Waals surface area contributed by atoms with E-state index in [2.05, 4.69) is 24.0 Å². The summed E-state index contributed by atoms with van der Waals surface area (Å²) in [7, 11) is 0. The molecule has 0 amide bonds. The minimum absolute atomic E-state index is 0.0903. The van der Waals surface area contributed by atoms with Crippen LogP contribution in [0.1, 0.15) is 26.7 Å². The van der Waals surface area contributed by atoms with Crippen LogP contribution >= 0.6 is 0 Å². The van der Waals surface area contributed by atoms with E-state index < -0.39 is 0 Å². The zero-order chi connectivity index (χ0) is 12.5. The fourth-order valence-corrected chi connectivity index (χ4v) is 1.99. The Balaban J connectivity index is 2.23. The Morgan fingerprint density at radius 2 is 2.18 bits per heavy atom. The molecule has 2 atom stereocenters. The van der Waals surface area contributed by atoms with E-state index in [-0.39, 0.29) is 11.5 Å². The van der Waals surface area contributed by atoms with Gasteiger partial charge in [0.25, 0.3) is 5.95 Å². The molecular weight excluding hydrogens is 220 g/mol. The maximum absolute atomic E-state index is 6.03. The molecule has 2 rings (SSSR count). The topological polar surface area (TPSA) is 77.4 Å². The number of nitrogens with zero attached hydrogens (tertiary/aromatic N) is 3. The van der Waals surface area contributed by atoms with Crippen LogP contribution in [-0.4, -0.2) is 42.5 Å². The van der Waals surface area contributed by atoms with Gasteiger partial charge < -0.3 is 19.9 Å². The van der Waals surface area contributed by atoms with Crippen LogP contribution in [0.3, 0.4) is 0 Å². The summed E-state index contributed by atoms with van der Waals surface area (Å²) in [6.07, 6.45) is 0. The second kappa shape index (κ2) is 4.62. The first-order valence-corrected chi connectivity index (χ1v) is 6.04. The molecule has 96 valence electrons. The predicted molar refractivity (Wildman–Crippen MR) is 64.0 cm³/mol. The van der Waals surface area contributed by atoms with Crippen molar-refractivity contribution in [2.45, 2.75) is 32.2 Å². The summed E-state index contributed by atoms with van der Waals surface area (Å²) in [6.45, 7) is 8.92. The molecule has 0 radical (unpaired) electrons. The predicted octanol–water partition coefficient (Wildman–Crippen LogP) is 0.531. The molecule has 1 aromatic heterocycles. The highest BCUT2D eigenvalue weighted by Crippen LogP contribution is 2.31. The zero-order valence-corrected chi connectivity index (χ0v) is 10.6. The largest absolute Gasteiger partial charge is 0.379 e. The molecule has 2 heterocycles. The van der Waals surface area contributed by atoms with E-state index in [0.717, 1.165) is 13.1 Å². The smallest absolute Gasteiger partial charge is 0.266 e. The average molecular weight is 240 g/mol. The Kier molecular flexibility index (Phi) is 3.35. The summed E-state index contributed by atoms with van der Waals surface area (Å²) < 4.78 is 10.7. The van der Waals surface area contributed by atoms with Crippen molar-refractivity contribution in [1.82, 2.24) is 10.1 Å². The second-order valence-corrected chi connectivity index (χ2v) is 4.61. The average Bonchev–Trinajstić information content (AvgIpc) is 2.91. The van der Waals surface area contributed by atoms with Crippen LogP contribution in [0.25, 0.3) is 0 Å². The lowest BCUT2D eigenvalue weighted by Gasteiger charge is -2.21. The molecule has 17 heavy (non-hydrogen) atoms. The molecule has 1 fully saturated rings. The standard InChI is InChI=1S/C11H20N4O2/c1-4-15(5-2)10-13-9(17-14-10)11(3)7-16-6-8(11)12/h8H,4-7,12H2,1-3H3. The Morgan fingerprint density at radius 3 is 2.71 bits per heavy atom. The third-order valence-electron chi connectivity index (χ3n) is 3.47. The van der Waals surface area contributed by atoms with Gasteiger partial charge in [0.05, 0.1) is 18.6 Å². The van der Waals surface area contributed by atoms with E-state index in [1.54, 1.807) is 0 Å². The highest BCUT2D eigenvalue weighted by Gasteiger charge is 2.44.